The molecule has 0 saturated heterocycles. The summed E-state index contributed by atoms with van der Waals surface area (Å²) in [5, 5.41) is 5.98. The largest absolute Gasteiger partial charge is 0.416 e. The summed E-state index contributed by atoms with van der Waals surface area (Å²) in [4.78, 5) is 34.5. The first-order chi connectivity index (χ1) is 18.7. The zero-order valence-corrected chi connectivity index (χ0v) is 20.2. The SMILES string of the molecule is C=CC(=O)Nc1cccc(-n2c(=O)c(-c3ccccc3)cc3cnc(Nc4cccc(C(F)(F)F)c4)nc32)c1. The third-order valence-corrected chi connectivity index (χ3v) is 5.83. The monoisotopic (exact) mass is 527 g/mol. The summed E-state index contributed by atoms with van der Waals surface area (Å²) in [5.74, 6) is -0.421. The van der Waals surface area contributed by atoms with Gasteiger partial charge in [-0.25, -0.2) is 4.98 Å². The number of fused-ring (bicyclic) bond motifs is 1. The van der Waals surface area contributed by atoms with Gasteiger partial charge >= 0.3 is 6.18 Å². The van der Waals surface area contributed by atoms with Gasteiger partial charge in [0.15, 0.2) is 5.65 Å². The second-order valence-electron chi connectivity index (χ2n) is 8.48. The average molecular weight is 528 g/mol. The number of anilines is 3. The van der Waals surface area contributed by atoms with Crippen molar-refractivity contribution < 1.29 is 18.0 Å². The van der Waals surface area contributed by atoms with Gasteiger partial charge in [-0.2, -0.15) is 18.2 Å². The number of pyridine rings is 1. The Hall–Kier alpha value is -5.25. The highest BCUT2D eigenvalue weighted by Crippen LogP contribution is 2.31. The van der Waals surface area contributed by atoms with Gasteiger partial charge in [-0.3, -0.25) is 14.2 Å². The Bertz CT molecular complexity index is 1770. The second kappa shape index (κ2) is 10.3. The van der Waals surface area contributed by atoms with E-state index in [0.717, 1.165) is 18.2 Å². The molecule has 1 amide bonds. The van der Waals surface area contributed by atoms with Gasteiger partial charge in [0.05, 0.1) is 11.3 Å². The molecule has 0 radical (unpaired) electrons. The maximum atomic E-state index is 13.9. The number of nitrogens with one attached hydrogen (secondary N) is 2. The maximum absolute atomic E-state index is 13.9. The van der Waals surface area contributed by atoms with E-state index >= 15 is 0 Å². The van der Waals surface area contributed by atoms with Crippen molar-refractivity contribution in [2.45, 2.75) is 6.18 Å². The molecule has 0 atom stereocenters. The topological polar surface area (TPSA) is 88.9 Å². The van der Waals surface area contributed by atoms with E-state index in [4.69, 9.17) is 0 Å². The minimum Gasteiger partial charge on any atom is -0.324 e. The molecule has 0 aliphatic rings. The number of hydrogen-bond donors (Lipinski definition) is 2. The minimum atomic E-state index is -4.51. The average Bonchev–Trinajstić information content (AvgIpc) is 2.93. The maximum Gasteiger partial charge on any atom is 0.416 e. The van der Waals surface area contributed by atoms with Crippen molar-refractivity contribution in [3.05, 3.63) is 120 Å². The molecule has 0 spiro atoms. The Morgan fingerprint density at radius 1 is 0.923 bits per heavy atom. The zero-order valence-electron chi connectivity index (χ0n) is 20.2. The third kappa shape index (κ3) is 5.40. The van der Waals surface area contributed by atoms with Gasteiger partial charge in [-0.15, -0.1) is 0 Å². The standard InChI is InChI=1S/C29H20F3N5O2/c1-2-25(38)34-22-12-7-13-23(16-22)37-26-19(14-24(27(37)39)18-8-4-3-5-9-18)17-33-28(36-26)35-21-11-6-10-20(15-21)29(30,31)32/h2-17H,1H2,(H,34,38)(H,33,35,36). The first-order valence-electron chi connectivity index (χ1n) is 11.7. The van der Waals surface area contributed by atoms with Crippen molar-refractivity contribution in [1.82, 2.24) is 14.5 Å². The lowest BCUT2D eigenvalue weighted by Crippen LogP contribution is -2.22. The van der Waals surface area contributed by atoms with E-state index in [0.29, 0.717) is 27.9 Å². The van der Waals surface area contributed by atoms with Crippen LogP contribution in [-0.4, -0.2) is 20.4 Å². The summed E-state index contributed by atoms with van der Waals surface area (Å²) in [6.07, 6.45) is -1.89. The van der Waals surface area contributed by atoms with Crippen molar-refractivity contribution in [3.63, 3.8) is 0 Å². The molecule has 0 fully saturated rings. The van der Waals surface area contributed by atoms with Crippen LogP contribution in [0, 0.1) is 0 Å². The van der Waals surface area contributed by atoms with Crippen LogP contribution >= 0.6 is 0 Å². The molecule has 0 unspecified atom stereocenters. The number of aromatic nitrogens is 3. The Morgan fingerprint density at radius 3 is 2.41 bits per heavy atom. The van der Waals surface area contributed by atoms with Crippen molar-refractivity contribution in [1.29, 1.82) is 0 Å². The first-order valence-corrected chi connectivity index (χ1v) is 11.7. The minimum absolute atomic E-state index is 0.00134. The molecular formula is C29H20F3N5O2. The van der Waals surface area contributed by atoms with Crippen molar-refractivity contribution in [2.24, 2.45) is 0 Å². The highest BCUT2D eigenvalue weighted by atomic mass is 19.4. The van der Waals surface area contributed by atoms with E-state index in [2.05, 4.69) is 27.2 Å². The quantitative estimate of drug-likeness (QED) is 0.252. The van der Waals surface area contributed by atoms with Crippen LogP contribution in [0.15, 0.2) is 109 Å². The number of benzene rings is 3. The van der Waals surface area contributed by atoms with Gasteiger partial charge in [0.2, 0.25) is 11.9 Å². The smallest absolute Gasteiger partial charge is 0.324 e. The number of rotatable bonds is 6. The van der Waals surface area contributed by atoms with E-state index < -0.39 is 17.6 Å². The summed E-state index contributed by atoms with van der Waals surface area (Å²) < 4.78 is 40.9. The highest BCUT2D eigenvalue weighted by Gasteiger charge is 2.30. The van der Waals surface area contributed by atoms with E-state index in [9.17, 15) is 22.8 Å². The molecule has 0 saturated carbocycles. The van der Waals surface area contributed by atoms with Crippen LogP contribution in [0.25, 0.3) is 27.8 Å². The molecule has 2 aromatic heterocycles. The Morgan fingerprint density at radius 2 is 1.67 bits per heavy atom. The molecular weight excluding hydrogens is 507 g/mol. The molecule has 10 heteroatoms. The number of amides is 1. The fourth-order valence-electron chi connectivity index (χ4n) is 4.04. The molecule has 5 aromatic rings. The number of carbonyl (C=O) groups excluding carboxylic acids is 1. The van der Waals surface area contributed by atoms with Crippen LogP contribution < -0.4 is 16.2 Å². The molecule has 39 heavy (non-hydrogen) atoms. The van der Waals surface area contributed by atoms with Crippen LogP contribution in [0.3, 0.4) is 0 Å². The van der Waals surface area contributed by atoms with Crippen LogP contribution in [0.4, 0.5) is 30.5 Å². The molecule has 2 heterocycles. The number of alkyl halides is 3. The number of nitrogens with zero attached hydrogens (tertiary/aromatic N) is 3. The molecule has 3 aromatic carbocycles. The van der Waals surface area contributed by atoms with E-state index in [1.807, 2.05) is 18.2 Å². The van der Waals surface area contributed by atoms with Crippen molar-refractivity contribution >= 4 is 34.3 Å². The van der Waals surface area contributed by atoms with E-state index in [1.165, 1.54) is 22.9 Å². The number of hydrogen-bond acceptors (Lipinski definition) is 5. The lowest BCUT2D eigenvalue weighted by molar-refractivity contribution is -0.137. The molecule has 2 N–H and O–H groups in total. The fraction of sp³-hybridized carbons (Fsp3) is 0.0345. The normalized spacial score (nSPS) is 11.3. The Labute approximate surface area is 220 Å². The van der Waals surface area contributed by atoms with Gasteiger partial charge in [0.25, 0.3) is 5.56 Å². The summed E-state index contributed by atoms with van der Waals surface area (Å²) in [5.41, 5.74) is 1.06. The third-order valence-electron chi connectivity index (χ3n) is 5.83. The van der Waals surface area contributed by atoms with Crippen LogP contribution in [-0.2, 0) is 11.0 Å². The van der Waals surface area contributed by atoms with E-state index in [-0.39, 0.29) is 22.8 Å². The van der Waals surface area contributed by atoms with Crippen LogP contribution in [0.2, 0.25) is 0 Å². The van der Waals surface area contributed by atoms with Crippen LogP contribution in [0.5, 0.6) is 0 Å². The predicted molar refractivity (Wildman–Crippen MR) is 144 cm³/mol. The Balaban J connectivity index is 1.68. The lowest BCUT2D eigenvalue weighted by atomic mass is 10.1. The second-order valence-corrected chi connectivity index (χ2v) is 8.48. The first kappa shape index (κ1) is 25.4. The molecule has 7 nitrogen and oxygen atoms in total. The van der Waals surface area contributed by atoms with Crippen LogP contribution in [0.1, 0.15) is 5.56 Å². The number of halogens is 3. The van der Waals surface area contributed by atoms with Crippen molar-refractivity contribution in [2.75, 3.05) is 10.6 Å². The predicted octanol–water partition coefficient (Wildman–Crippen LogP) is 6.33. The van der Waals surface area contributed by atoms with Gasteiger partial charge in [-0.05, 0) is 54.1 Å². The molecule has 0 aliphatic carbocycles. The molecule has 5 rings (SSSR count). The summed E-state index contributed by atoms with van der Waals surface area (Å²) in [7, 11) is 0. The molecule has 0 aliphatic heterocycles. The van der Waals surface area contributed by atoms with Gasteiger partial charge < -0.3 is 10.6 Å². The fourth-order valence-corrected chi connectivity index (χ4v) is 4.04. The summed E-state index contributed by atoms with van der Waals surface area (Å²) >= 11 is 0. The van der Waals surface area contributed by atoms with Crippen molar-refractivity contribution in [3.8, 4) is 16.8 Å². The summed E-state index contributed by atoms with van der Waals surface area (Å²) in [6.45, 7) is 3.45. The zero-order chi connectivity index (χ0) is 27.6. The lowest BCUT2D eigenvalue weighted by Gasteiger charge is -2.15. The highest BCUT2D eigenvalue weighted by molar-refractivity contribution is 5.99. The number of carbonyl (C=O) groups is 1. The van der Waals surface area contributed by atoms with E-state index in [1.54, 1.807) is 42.5 Å². The van der Waals surface area contributed by atoms with Gasteiger partial charge in [0.1, 0.15) is 0 Å². The van der Waals surface area contributed by atoms with Gasteiger partial charge in [0, 0.05) is 28.5 Å². The molecule has 194 valence electrons. The summed E-state index contributed by atoms with van der Waals surface area (Å²) in [6, 6.07) is 22.0. The van der Waals surface area contributed by atoms with Gasteiger partial charge in [-0.1, -0.05) is 49.0 Å². The Kier molecular flexibility index (Phi) is 6.68. The molecule has 0 bridgehead atoms.